The smallest absolute Gasteiger partial charge is 0.255 e. The van der Waals surface area contributed by atoms with E-state index in [0.29, 0.717) is 23.7 Å². The van der Waals surface area contributed by atoms with Gasteiger partial charge in [0.05, 0.1) is 19.6 Å². The number of amides is 1. The summed E-state index contributed by atoms with van der Waals surface area (Å²) in [4.78, 5) is 16.7. The molecule has 0 aliphatic carbocycles. The fourth-order valence-electron chi connectivity index (χ4n) is 4.86. The Morgan fingerprint density at radius 1 is 0.897 bits per heavy atom. The Balaban J connectivity index is 1.41. The number of ether oxygens (including phenoxy) is 2. The van der Waals surface area contributed by atoms with Crippen LogP contribution in [0.5, 0.6) is 11.5 Å². The van der Waals surface area contributed by atoms with Gasteiger partial charge in [0.25, 0.3) is 5.91 Å². The van der Waals surface area contributed by atoms with E-state index in [0.717, 1.165) is 30.1 Å². The Hall–Kier alpha value is -2.60. The zero-order valence-corrected chi connectivity index (χ0v) is 25.1. The summed E-state index contributed by atoms with van der Waals surface area (Å²) in [5.41, 5.74) is 2.48. The lowest BCUT2D eigenvalue weighted by Crippen LogP contribution is -2.17. The van der Waals surface area contributed by atoms with Crippen LogP contribution < -0.4 is 14.8 Å². The van der Waals surface area contributed by atoms with Crippen molar-refractivity contribution >= 4 is 23.4 Å². The van der Waals surface area contributed by atoms with Crippen molar-refractivity contribution in [1.29, 1.82) is 0 Å². The van der Waals surface area contributed by atoms with Crippen molar-refractivity contribution in [1.82, 2.24) is 4.90 Å². The first-order chi connectivity index (χ1) is 19.1. The third kappa shape index (κ3) is 11.2. The minimum Gasteiger partial charge on any atom is -0.493 e. The second-order valence-electron chi connectivity index (χ2n) is 10.5. The van der Waals surface area contributed by atoms with Crippen molar-refractivity contribution in [3.63, 3.8) is 0 Å². The largest absolute Gasteiger partial charge is 0.493 e. The molecular formula is C33H48N2O3S. The molecule has 2 aromatic carbocycles. The van der Waals surface area contributed by atoms with Crippen LogP contribution in [0.25, 0.3) is 0 Å². The number of anilines is 1. The van der Waals surface area contributed by atoms with Crippen molar-refractivity contribution in [2.45, 2.75) is 97.4 Å². The summed E-state index contributed by atoms with van der Waals surface area (Å²) in [6.45, 7) is 5.78. The van der Waals surface area contributed by atoms with Gasteiger partial charge >= 0.3 is 0 Å². The van der Waals surface area contributed by atoms with E-state index in [2.05, 4.69) is 36.3 Å². The van der Waals surface area contributed by atoms with Crippen LogP contribution in [-0.2, 0) is 6.54 Å². The van der Waals surface area contributed by atoms with Gasteiger partial charge in [-0.25, -0.2) is 0 Å². The molecule has 1 aliphatic heterocycles. The Morgan fingerprint density at radius 2 is 1.56 bits per heavy atom. The lowest BCUT2D eigenvalue weighted by atomic mass is 10.1. The summed E-state index contributed by atoms with van der Waals surface area (Å²) in [6.07, 6.45) is 17.9. The molecule has 0 unspecified atom stereocenters. The number of nitrogens with zero attached hydrogens (tertiary/aromatic N) is 1. The summed E-state index contributed by atoms with van der Waals surface area (Å²) in [5, 5.41) is 3.10. The van der Waals surface area contributed by atoms with Gasteiger partial charge in [0.1, 0.15) is 0 Å². The normalized spacial score (nSPS) is 12.9. The van der Waals surface area contributed by atoms with Crippen LogP contribution in [0.1, 0.15) is 107 Å². The molecular weight excluding hydrogens is 504 g/mol. The number of carbonyl (C=O) groups is 1. The molecule has 214 valence electrons. The summed E-state index contributed by atoms with van der Waals surface area (Å²) in [7, 11) is 1.63. The Kier molecular flexibility index (Phi) is 14.2. The van der Waals surface area contributed by atoms with Crippen molar-refractivity contribution < 1.29 is 14.3 Å². The van der Waals surface area contributed by atoms with E-state index in [1.54, 1.807) is 19.2 Å². The summed E-state index contributed by atoms with van der Waals surface area (Å²) in [5.74, 6) is 2.06. The highest BCUT2D eigenvalue weighted by Gasteiger charge is 2.15. The number of benzene rings is 2. The van der Waals surface area contributed by atoms with Gasteiger partial charge in [-0.2, -0.15) is 0 Å². The highest BCUT2D eigenvalue weighted by Crippen LogP contribution is 2.30. The number of allylic oxidation sites excluding steroid dienone is 1. The van der Waals surface area contributed by atoms with Crippen LogP contribution in [-0.4, -0.2) is 30.4 Å². The van der Waals surface area contributed by atoms with E-state index in [-0.39, 0.29) is 5.91 Å². The highest BCUT2D eigenvalue weighted by atomic mass is 32.2. The van der Waals surface area contributed by atoms with Crippen molar-refractivity contribution in [2.24, 2.45) is 0 Å². The number of hydrogen-bond acceptors (Lipinski definition) is 5. The van der Waals surface area contributed by atoms with Gasteiger partial charge in [-0.3, -0.25) is 4.79 Å². The maximum Gasteiger partial charge on any atom is 0.255 e. The third-order valence-corrected chi connectivity index (χ3v) is 8.16. The van der Waals surface area contributed by atoms with E-state index < -0.39 is 0 Å². The standard InChI is InChI=1S/C33H48N2O3S/c1-4-5-6-7-8-9-10-11-12-13-14-17-22-38-32-23-28(20-21-31(32)37-3)33(36)34-30-19-16-15-18-29(30)25-35-24-27(2)39-26-35/h15-16,18-21,23-24H,4-14,17,22,25-26H2,1-3H3,(H,34,36). The first-order valence-electron chi connectivity index (χ1n) is 14.9. The molecule has 0 aromatic heterocycles. The number of methoxy groups -OCH3 is 1. The SMILES string of the molecule is CCCCCCCCCCCCCCOc1cc(C(=O)Nc2ccccc2CN2C=C(C)SC2)ccc1OC. The average molecular weight is 553 g/mol. The van der Waals surface area contributed by atoms with Gasteiger partial charge in [0, 0.05) is 24.0 Å². The quantitative estimate of drug-likeness (QED) is 0.176. The van der Waals surface area contributed by atoms with Crippen LogP contribution in [0, 0.1) is 0 Å². The Bertz CT molecular complexity index is 1040. The maximum absolute atomic E-state index is 13.2. The number of nitrogens with one attached hydrogen (secondary N) is 1. The van der Waals surface area contributed by atoms with Crippen LogP contribution in [0.3, 0.4) is 0 Å². The Labute approximate surface area is 240 Å². The van der Waals surface area contributed by atoms with Crippen molar-refractivity contribution in [3.8, 4) is 11.5 Å². The predicted octanol–water partition coefficient (Wildman–Crippen LogP) is 9.39. The van der Waals surface area contributed by atoms with Gasteiger partial charge in [-0.05, 0) is 48.1 Å². The van der Waals surface area contributed by atoms with E-state index in [9.17, 15) is 4.79 Å². The number of thioether (sulfide) groups is 1. The first-order valence-corrected chi connectivity index (χ1v) is 15.8. The van der Waals surface area contributed by atoms with Crippen LogP contribution in [0.15, 0.2) is 53.6 Å². The zero-order chi connectivity index (χ0) is 27.7. The zero-order valence-electron chi connectivity index (χ0n) is 24.3. The molecule has 0 saturated heterocycles. The number of unbranched alkanes of at least 4 members (excludes halogenated alkanes) is 11. The summed E-state index contributed by atoms with van der Waals surface area (Å²) >= 11 is 1.84. The molecule has 39 heavy (non-hydrogen) atoms. The molecule has 1 aliphatic rings. The summed E-state index contributed by atoms with van der Waals surface area (Å²) < 4.78 is 11.6. The van der Waals surface area contributed by atoms with E-state index >= 15 is 0 Å². The lowest BCUT2D eigenvalue weighted by Gasteiger charge is -2.18. The lowest BCUT2D eigenvalue weighted by molar-refractivity contribution is 0.102. The second kappa shape index (κ2) is 17.9. The second-order valence-corrected chi connectivity index (χ2v) is 11.7. The van der Waals surface area contributed by atoms with Crippen LogP contribution in [0.4, 0.5) is 5.69 Å². The topological polar surface area (TPSA) is 50.8 Å². The third-order valence-electron chi connectivity index (χ3n) is 7.14. The fraction of sp³-hybridized carbons (Fsp3) is 0.545. The van der Waals surface area contributed by atoms with E-state index in [1.165, 1.54) is 75.5 Å². The van der Waals surface area contributed by atoms with Crippen LogP contribution in [0.2, 0.25) is 0 Å². The molecule has 1 amide bonds. The molecule has 1 N–H and O–H groups in total. The molecule has 0 fully saturated rings. The number of hydrogen-bond donors (Lipinski definition) is 1. The van der Waals surface area contributed by atoms with Crippen LogP contribution >= 0.6 is 11.8 Å². The average Bonchev–Trinajstić information content (AvgIpc) is 3.36. The molecule has 2 aromatic rings. The minimum absolute atomic E-state index is 0.150. The number of carbonyl (C=O) groups excluding carboxylic acids is 1. The van der Waals surface area contributed by atoms with Crippen molar-refractivity contribution in [2.75, 3.05) is 24.9 Å². The maximum atomic E-state index is 13.2. The molecule has 0 bridgehead atoms. The van der Waals surface area contributed by atoms with Crippen molar-refractivity contribution in [3.05, 3.63) is 64.7 Å². The van der Waals surface area contributed by atoms with Gasteiger partial charge < -0.3 is 19.7 Å². The molecule has 5 nitrogen and oxygen atoms in total. The molecule has 0 radical (unpaired) electrons. The number of para-hydroxylation sites is 1. The molecule has 3 rings (SSSR count). The molecule has 0 atom stereocenters. The fourth-order valence-corrected chi connectivity index (χ4v) is 5.62. The Morgan fingerprint density at radius 3 is 2.21 bits per heavy atom. The number of rotatable bonds is 19. The van der Waals surface area contributed by atoms with E-state index in [4.69, 9.17) is 9.47 Å². The van der Waals surface area contributed by atoms with Gasteiger partial charge in [-0.1, -0.05) is 95.8 Å². The highest BCUT2D eigenvalue weighted by molar-refractivity contribution is 8.03. The minimum atomic E-state index is -0.150. The predicted molar refractivity (Wildman–Crippen MR) is 166 cm³/mol. The van der Waals surface area contributed by atoms with Gasteiger partial charge in [0.2, 0.25) is 0 Å². The monoisotopic (exact) mass is 552 g/mol. The van der Waals surface area contributed by atoms with E-state index in [1.807, 2.05) is 36.0 Å². The van der Waals surface area contributed by atoms with Gasteiger partial charge in [0.15, 0.2) is 11.5 Å². The first kappa shape index (κ1) is 30.9. The molecule has 0 saturated carbocycles. The molecule has 6 heteroatoms. The molecule has 0 spiro atoms. The molecule has 1 heterocycles. The summed E-state index contributed by atoms with van der Waals surface area (Å²) in [6, 6.07) is 13.4. The van der Waals surface area contributed by atoms with Gasteiger partial charge in [-0.15, -0.1) is 11.8 Å².